The largest absolute Gasteiger partial charge is 0.366 e. The maximum Gasteiger partial charge on any atom is 0.250 e. The van der Waals surface area contributed by atoms with Crippen LogP contribution in [0, 0.1) is 0 Å². The zero-order valence-electron chi connectivity index (χ0n) is 11.4. The van der Waals surface area contributed by atoms with Crippen molar-refractivity contribution in [3.63, 3.8) is 0 Å². The third-order valence-corrected chi connectivity index (χ3v) is 2.96. The minimum Gasteiger partial charge on any atom is -0.366 e. The fourth-order valence-electron chi connectivity index (χ4n) is 1.95. The van der Waals surface area contributed by atoms with Gasteiger partial charge >= 0.3 is 0 Å². The molecule has 1 unspecified atom stereocenters. The lowest BCUT2D eigenvalue weighted by molar-refractivity contribution is -0.134. The molecular weight excluding hydrogens is 258 g/mol. The van der Waals surface area contributed by atoms with Gasteiger partial charge in [0, 0.05) is 32.2 Å². The standard InChI is InChI=1S/C14H19N3O3/c1-10(18)17-12-4-2-11(3-5-12)8-16-14(19)13-9-15-6-7-20-13/h2-5,13,15H,6-9H2,1H3,(H,16,19)(H,17,18). The molecule has 3 N–H and O–H groups in total. The summed E-state index contributed by atoms with van der Waals surface area (Å²) in [6, 6.07) is 7.35. The second-order valence-electron chi connectivity index (χ2n) is 4.66. The van der Waals surface area contributed by atoms with E-state index < -0.39 is 6.10 Å². The minimum atomic E-state index is -0.414. The topological polar surface area (TPSA) is 79.5 Å². The van der Waals surface area contributed by atoms with Crippen molar-refractivity contribution in [3.05, 3.63) is 29.8 Å². The first-order valence-electron chi connectivity index (χ1n) is 6.62. The average molecular weight is 277 g/mol. The van der Waals surface area contributed by atoms with Crippen LogP contribution in [0.5, 0.6) is 0 Å². The molecule has 0 aromatic heterocycles. The molecule has 0 saturated carbocycles. The molecule has 1 saturated heterocycles. The van der Waals surface area contributed by atoms with Crippen LogP contribution in [0.25, 0.3) is 0 Å². The number of rotatable bonds is 4. The van der Waals surface area contributed by atoms with Crippen LogP contribution in [0.2, 0.25) is 0 Å². The van der Waals surface area contributed by atoms with E-state index in [4.69, 9.17) is 4.74 Å². The quantitative estimate of drug-likeness (QED) is 0.737. The zero-order chi connectivity index (χ0) is 14.4. The third-order valence-electron chi connectivity index (χ3n) is 2.96. The van der Waals surface area contributed by atoms with E-state index in [9.17, 15) is 9.59 Å². The highest BCUT2D eigenvalue weighted by Gasteiger charge is 2.20. The van der Waals surface area contributed by atoms with Crippen molar-refractivity contribution in [1.29, 1.82) is 0 Å². The van der Waals surface area contributed by atoms with E-state index >= 15 is 0 Å². The van der Waals surface area contributed by atoms with E-state index in [0.29, 0.717) is 19.7 Å². The summed E-state index contributed by atoms with van der Waals surface area (Å²) in [5, 5.41) is 8.65. The van der Waals surface area contributed by atoms with Crippen LogP contribution in [0.15, 0.2) is 24.3 Å². The maximum absolute atomic E-state index is 11.9. The summed E-state index contributed by atoms with van der Waals surface area (Å²) >= 11 is 0. The summed E-state index contributed by atoms with van der Waals surface area (Å²) in [5.74, 6) is -0.212. The van der Waals surface area contributed by atoms with Crippen LogP contribution in [0.4, 0.5) is 5.69 Å². The second-order valence-corrected chi connectivity index (χ2v) is 4.66. The molecule has 0 radical (unpaired) electrons. The lowest BCUT2D eigenvalue weighted by atomic mass is 10.2. The van der Waals surface area contributed by atoms with Crippen molar-refractivity contribution < 1.29 is 14.3 Å². The highest BCUT2D eigenvalue weighted by Crippen LogP contribution is 2.09. The van der Waals surface area contributed by atoms with Crippen molar-refractivity contribution >= 4 is 17.5 Å². The van der Waals surface area contributed by atoms with E-state index in [1.807, 2.05) is 24.3 Å². The Bertz CT molecular complexity index is 467. The maximum atomic E-state index is 11.9. The Morgan fingerprint density at radius 3 is 2.70 bits per heavy atom. The van der Waals surface area contributed by atoms with Gasteiger partial charge in [-0.3, -0.25) is 9.59 Å². The molecule has 2 amide bonds. The van der Waals surface area contributed by atoms with Crippen molar-refractivity contribution in [3.8, 4) is 0 Å². The molecular formula is C14H19N3O3. The number of anilines is 1. The summed E-state index contributed by atoms with van der Waals surface area (Å²) in [7, 11) is 0. The Kier molecular flexibility index (Phi) is 5.09. The van der Waals surface area contributed by atoms with Crippen LogP contribution in [-0.2, 0) is 20.9 Å². The summed E-state index contributed by atoms with van der Waals surface area (Å²) in [6.07, 6.45) is -0.414. The zero-order valence-corrected chi connectivity index (χ0v) is 11.4. The molecule has 1 fully saturated rings. The molecule has 0 spiro atoms. The summed E-state index contributed by atoms with van der Waals surface area (Å²) < 4.78 is 5.37. The predicted octanol–water partition coefficient (Wildman–Crippen LogP) is 0.250. The van der Waals surface area contributed by atoms with E-state index in [2.05, 4.69) is 16.0 Å². The Balaban J connectivity index is 1.81. The van der Waals surface area contributed by atoms with Crippen LogP contribution in [0.3, 0.4) is 0 Å². The van der Waals surface area contributed by atoms with Crippen LogP contribution in [-0.4, -0.2) is 37.6 Å². The highest BCUT2D eigenvalue weighted by molar-refractivity contribution is 5.88. The van der Waals surface area contributed by atoms with Crippen molar-refractivity contribution in [2.24, 2.45) is 0 Å². The van der Waals surface area contributed by atoms with Gasteiger partial charge in [0.25, 0.3) is 5.91 Å². The third kappa shape index (κ3) is 4.32. The van der Waals surface area contributed by atoms with Gasteiger partial charge in [0.15, 0.2) is 0 Å². The van der Waals surface area contributed by atoms with Crippen LogP contribution < -0.4 is 16.0 Å². The molecule has 6 nitrogen and oxygen atoms in total. The van der Waals surface area contributed by atoms with E-state index in [-0.39, 0.29) is 11.8 Å². The van der Waals surface area contributed by atoms with Gasteiger partial charge in [0.05, 0.1) is 6.61 Å². The predicted molar refractivity (Wildman–Crippen MR) is 75.2 cm³/mol. The Hall–Kier alpha value is -1.92. The molecule has 20 heavy (non-hydrogen) atoms. The molecule has 108 valence electrons. The van der Waals surface area contributed by atoms with E-state index in [0.717, 1.165) is 17.8 Å². The number of benzene rings is 1. The normalized spacial score (nSPS) is 18.4. The first-order valence-corrected chi connectivity index (χ1v) is 6.62. The molecule has 0 aliphatic carbocycles. The van der Waals surface area contributed by atoms with Crippen molar-refractivity contribution in [2.75, 3.05) is 25.0 Å². The Morgan fingerprint density at radius 2 is 2.10 bits per heavy atom. The van der Waals surface area contributed by atoms with Gasteiger partial charge in [-0.05, 0) is 17.7 Å². The molecule has 1 aliphatic heterocycles. The van der Waals surface area contributed by atoms with Gasteiger partial charge in [-0.25, -0.2) is 0 Å². The second kappa shape index (κ2) is 7.02. The van der Waals surface area contributed by atoms with Crippen LogP contribution >= 0.6 is 0 Å². The number of nitrogens with one attached hydrogen (secondary N) is 3. The highest BCUT2D eigenvalue weighted by atomic mass is 16.5. The molecule has 2 rings (SSSR count). The fraction of sp³-hybridized carbons (Fsp3) is 0.429. The minimum absolute atomic E-state index is 0.104. The van der Waals surface area contributed by atoms with Gasteiger partial charge in [0.2, 0.25) is 5.91 Å². The number of carbonyl (C=O) groups excluding carboxylic acids is 2. The first-order chi connectivity index (χ1) is 9.65. The van der Waals surface area contributed by atoms with Gasteiger partial charge in [-0.1, -0.05) is 12.1 Å². The average Bonchev–Trinajstić information content (AvgIpc) is 2.46. The van der Waals surface area contributed by atoms with E-state index in [1.165, 1.54) is 6.92 Å². The molecule has 6 heteroatoms. The fourth-order valence-corrected chi connectivity index (χ4v) is 1.95. The lowest BCUT2D eigenvalue weighted by Gasteiger charge is -2.22. The first kappa shape index (κ1) is 14.5. The Morgan fingerprint density at radius 1 is 1.35 bits per heavy atom. The molecule has 1 atom stereocenters. The summed E-state index contributed by atoms with van der Waals surface area (Å²) in [5.41, 5.74) is 1.71. The van der Waals surface area contributed by atoms with Gasteiger partial charge in [-0.2, -0.15) is 0 Å². The number of morpholine rings is 1. The monoisotopic (exact) mass is 277 g/mol. The number of amides is 2. The van der Waals surface area contributed by atoms with Gasteiger partial charge in [0.1, 0.15) is 6.10 Å². The SMILES string of the molecule is CC(=O)Nc1ccc(CNC(=O)C2CNCCO2)cc1. The van der Waals surface area contributed by atoms with E-state index in [1.54, 1.807) is 0 Å². The van der Waals surface area contributed by atoms with Crippen LogP contribution in [0.1, 0.15) is 12.5 Å². The summed E-state index contributed by atoms with van der Waals surface area (Å²) in [4.78, 5) is 22.8. The number of hydrogen-bond donors (Lipinski definition) is 3. The molecule has 1 aromatic rings. The molecule has 1 aromatic carbocycles. The Labute approximate surface area is 117 Å². The molecule has 1 aliphatic rings. The van der Waals surface area contributed by atoms with Gasteiger partial charge < -0.3 is 20.7 Å². The van der Waals surface area contributed by atoms with Gasteiger partial charge in [-0.15, -0.1) is 0 Å². The number of carbonyl (C=O) groups is 2. The van der Waals surface area contributed by atoms with Crippen molar-refractivity contribution in [2.45, 2.75) is 19.6 Å². The number of ether oxygens (including phenoxy) is 1. The smallest absolute Gasteiger partial charge is 0.250 e. The summed E-state index contributed by atoms with van der Waals surface area (Å²) in [6.45, 7) is 3.80. The molecule has 0 bridgehead atoms. The lowest BCUT2D eigenvalue weighted by Crippen LogP contribution is -2.47. The van der Waals surface area contributed by atoms with Crippen molar-refractivity contribution in [1.82, 2.24) is 10.6 Å². The molecule has 1 heterocycles. The number of hydrogen-bond acceptors (Lipinski definition) is 4.